The van der Waals surface area contributed by atoms with Crippen molar-refractivity contribution in [1.82, 2.24) is 0 Å². The Morgan fingerprint density at radius 1 is 1.29 bits per heavy atom. The van der Waals surface area contributed by atoms with E-state index in [9.17, 15) is 4.39 Å². The van der Waals surface area contributed by atoms with Gasteiger partial charge in [0, 0.05) is 11.1 Å². The van der Waals surface area contributed by atoms with Gasteiger partial charge in [-0.2, -0.15) is 0 Å². The monoisotopic (exact) mass is 195 g/mol. The van der Waals surface area contributed by atoms with Crippen LogP contribution in [0, 0.1) is 12.7 Å². The van der Waals surface area contributed by atoms with Gasteiger partial charge in [0.05, 0.1) is 0 Å². The predicted molar refractivity (Wildman–Crippen MR) is 57.6 cm³/mol. The molecule has 0 aliphatic rings. The molecule has 0 aromatic heterocycles. The lowest BCUT2D eigenvalue weighted by Gasteiger charge is -2.28. The number of hydrogen-bond acceptors (Lipinski definition) is 1. The molecule has 0 aliphatic heterocycles. The normalized spacial score (nSPS) is 11.8. The summed E-state index contributed by atoms with van der Waals surface area (Å²) in [6.07, 6.45) is 1.51. The summed E-state index contributed by atoms with van der Waals surface area (Å²) in [7, 11) is 0. The van der Waals surface area contributed by atoms with Crippen molar-refractivity contribution in [2.24, 2.45) is 5.73 Å². The van der Waals surface area contributed by atoms with Gasteiger partial charge < -0.3 is 5.73 Å². The SMILES string of the molecule is CCC(N)(CC)c1cc(C)ccc1F. The van der Waals surface area contributed by atoms with Crippen LogP contribution >= 0.6 is 0 Å². The maximum atomic E-state index is 13.6. The summed E-state index contributed by atoms with van der Waals surface area (Å²) in [5.41, 5.74) is 7.32. The standard InChI is InChI=1S/C12H18FN/c1-4-12(14,5-2)10-8-9(3)6-7-11(10)13/h6-8H,4-5,14H2,1-3H3. The second kappa shape index (κ2) is 4.09. The van der Waals surface area contributed by atoms with E-state index < -0.39 is 5.54 Å². The topological polar surface area (TPSA) is 26.0 Å². The number of hydrogen-bond donors (Lipinski definition) is 1. The molecular formula is C12H18FN. The fourth-order valence-electron chi connectivity index (χ4n) is 1.65. The van der Waals surface area contributed by atoms with E-state index in [1.54, 1.807) is 6.07 Å². The molecule has 0 saturated carbocycles. The molecule has 2 N–H and O–H groups in total. The quantitative estimate of drug-likeness (QED) is 0.788. The zero-order chi connectivity index (χ0) is 10.8. The third-order valence-electron chi connectivity index (χ3n) is 2.92. The van der Waals surface area contributed by atoms with Crippen LogP contribution < -0.4 is 5.73 Å². The maximum absolute atomic E-state index is 13.6. The number of benzene rings is 1. The van der Waals surface area contributed by atoms with Crippen LogP contribution in [0.25, 0.3) is 0 Å². The van der Waals surface area contributed by atoms with E-state index in [2.05, 4.69) is 0 Å². The maximum Gasteiger partial charge on any atom is 0.128 e. The van der Waals surface area contributed by atoms with E-state index in [-0.39, 0.29) is 5.82 Å². The molecule has 0 atom stereocenters. The number of halogens is 1. The smallest absolute Gasteiger partial charge is 0.128 e. The molecule has 14 heavy (non-hydrogen) atoms. The van der Waals surface area contributed by atoms with Gasteiger partial charge in [0.25, 0.3) is 0 Å². The molecule has 0 saturated heterocycles. The van der Waals surface area contributed by atoms with E-state index in [1.807, 2.05) is 26.8 Å². The molecule has 0 radical (unpaired) electrons. The zero-order valence-corrected chi connectivity index (χ0v) is 9.10. The highest BCUT2D eigenvalue weighted by atomic mass is 19.1. The van der Waals surface area contributed by atoms with Crippen LogP contribution in [0.15, 0.2) is 18.2 Å². The molecular weight excluding hydrogens is 177 g/mol. The second-order valence-electron chi connectivity index (χ2n) is 3.85. The van der Waals surface area contributed by atoms with Crippen LogP contribution in [0.4, 0.5) is 4.39 Å². The molecule has 1 aromatic rings. The Morgan fingerprint density at radius 2 is 1.86 bits per heavy atom. The lowest BCUT2D eigenvalue weighted by atomic mass is 9.85. The van der Waals surface area contributed by atoms with Gasteiger partial charge in [-0.15, -0.1) is 0 Å². The third-order valence-corrected chi connectivity index (χ3v) is 2.92. The van der Waals surface area contributed by atoms with Crippen LogP contribution in [0.5, 0.6) is 0 Å². The number of aryl methyl sites for hydroxylation is 1. The van der Waals surface area contributed by atoms with Gasteiger partial charge in [-0.25, -0.2) is 4.39 Å². The summed E-state index contributed by atoms with van der Waals surface area (Å²) in [5, 5.41) is 0. The van der Waals surface area contributed by atoms with Crippen LogP contribution in [0.3, 0.4) is 0 Å². The molecule has 0 aliphatic carbocycles. The first kappa shape index (κ1) is 11.2. The van der Waals surface area contributed by atoms with E-state index in [4.69, 9.17) is 5.73 Å². The molecule has 0 amide bonds. The fraction of sp³-hybridized carbons (Fsp3) is 0.500. The summed E-state index contributed by atoms with van der Waals surface area (Å²) in [6.45, 7) is 5.94. The number of nitrogens with two attached hydrogens (primary N) is 1. The Morgan fingerprint density at radius 3 is 2.36 bits per heavy atom. The van der Waals surface area contributed by atoms with E-state index >= 15 is 0 Å². The average Bonchev–Trinajstić information content (AvgIpc) is 2.20. The van der Waals surface area contributed by atoms with E-state index in [0.29, 0.717) is 5.56 Å². The van der Waals surface area contributed by atoms with Crippen molar-refractivity contribution in [1.29, 1.82) is 0 Å². The van der Waals surface area contributed by atoms with Crippen molar-refractivity contribution < 1.29 is 4.39 Å². The van der Waals surface area contributed by atoms with Gasteiger partial charge in [0.2, 0.25) is 0 Å². The number of rotatable bonds is 3. The van der Waals surface area contributed by atoms with Crippen LogP contribution in [0.1, 0.15) is 37.8 Å². The largest absolute Gasteiger partial charge is 0.321 e. The van der Waals surface area contributed by atoms with Gasteiger partial charge in [0.1, 0.15) is 5.82 Å². The summed E-state index contributed by atoms with van der Waals surface area (Å²) in [5.74, 6) is -0.193. The van der Waals surface area contributed by atoms with Crippen molar-refractivity contribution >= 4 is 0 Å². The molecule has 0 unspecified atom stereocenters. The second-order valence-corrected chi connectivity index (χ2v) is 3.85. The first-order valence-corrected chi connectivity index (χ1v) is 5.09. The Hall–Kier alpha value is -0.890. The minimum absolute atomic E-state index is 0.193. The van der Waals surface area contributed by atoms with Crippen molar-refractivity contribution in [2.75, 3.05) is 0 Å². The van der Waals surface area contributed by atoms with Crippen molar-refractivity contribution in [3.05, 3.63) is 35.1 Å². The Labute approximate surface area is 85.1 Å². The lowest BCUT2D eigenvalue weighted by Crippen LogP contribution is -2.36. The van der Waals surface area contributed by atoms with Gasteiger partial charge >= 0.3 is 0 Å². The highest BCUT2D eigenvalue weighted by Gasteiger charge is 2.26. The Kier molecular flexibility index (Phi) is 3.27. The molecule has 0 heterocycles. The summed E-state index contributed by atoms with van der Waals surface area (Å²) in [4.78, 5) is 0. The molecule has 1 rings (SSSR count). The van der Waals surface area contributed by atoms with Gasteiger partial charge in [-0.1, -0.05) is 31.5 Å². The van der Waals surface area contributed by atoms with Gasteiger partial charge in [-0.05, 0) is 25.8 Å². The van der Waals surface area contributed by atoms with Crippen molar-refractivity contribution in [2.45, 2.75) is 39.2 Å². The van der Waals surface area contributed by atoms with E-state index in [1.165, 1.54) is 6.07 Å². The molecule has 1 nitrogen and oxygen atoms in total. The summed E-state index contributed by atoms with van der Waals surface area (Å²) in [6, 6.07) is 5.12. The highest BCUT2D eigenvalue weighted by Crippen LogP contribution is 2.28. The average molecular weight is 195 g/mol. The molecule has 0 bridgehead atoms. The minimum Gasteiger partial charge on any atom is -0.321 e. The molecule has 2 heteroatoms. The zero-order valence-electron chi connectivity index (χ0n) is 9.10. The minimum atomic E-state index is -0.518. The molecule has 1 aromatic carbocycles. The van der Waals surface area contributed by atoms with Crippen LogP contribution in [-0.2, 0) is 5.54 Å². The fourth-order valence-corrected chi connectivity index (χ4v) is 1.65. The van der Waals surface area contributed by atoms with Crippen LogP contribution in [-0.4, -0.2) is 0 Å². The molecule has 0 fully saturated rings. The molecule has 0 spiro atoms. The lowest BCUT2D eigenvalue weighted by molar-refractivity contribution is 0.392. The molecule has 78 valence electrons. The summed E-state index contributed by atoms with van der Waals surface area (Å²) >= 11 is 0. The third kappa shape index (κ3) is 1.95. The van der Waals surface area contributed by atoms with Gasteiger partial charge in [0.15, 0.2) is 0 Å². The summed E-state index contributed by atoms with van der Waals surface area (Å²) < 4.78 is 13.6. The first-order valence-electron chi connectivity index (χ1n) is 5.09. The highest BCUT2D eigenvalue weighted by molar-refractivity contribution is 5.30. The van der Waals surface area contributed by atoms with Gasteiger partial charge in [-0.3, -0.25) is 0 Å². The van der Waals surface area contributed by atoms with Crippen molar-refractivity contribution in [3.8, 4) is 0 Å². The van der Waals surface area contributed by atoms with Crippen LogP contribution in [0.2, 0.25) is 0 Å². The van der Waals surface area contributed by atoms with Crippen molar-refractivity contribution in [3.63, 3.8) is 0 Å². The predicted octanol–water partition coefficient (Wildman–Crippen LogP) is 3.11. The Bertz CT molecular complexity index is 316. The Balaban J connectivity index is 3.22. The first-order chi connectivity index (χ1) is 6.53. The van der Waals surface area contributed by atoms with E-state index in [0.717, 1.165) is 18.4 Å².